The number of nitrogens with zero attached hydrogens (tertiary/aromatic N) is 1. The predicted molar refractivity (Wildman–Crippen MR) is 93.7 cm³/mol. The Morgan fingerprint density at radius 1 is 1.35 bits per heavy atom. The standard InChI is InChI=1S/C18H26N2O2.ClH/c1-14(16-7-8-16)20(12-15-5-3-2-4-6-15)18(21)11-17-13-22-10-9-19-17;/h2-6,14,16-17,19H,7-13H2,1H3;1H. The van der Waals surface area contributed by atoms with Crippen molar-refractivity contribution in [2.24, 2.45) is 5.92 Å². The Labute approximate surface area is 145 Å². The molecule has 1 aromatic rings. The molecule has 1 amide bonds. The van der Waals surface area contributed by atoms with E-state index in [2.05, 4.69) is 29.3 Å². The van der Waals surface area contributed by atoms with Crippen LogP contribution in [0.25, 0.3) is 0 Å². The molecule has 0 spiro atoms. The van der Waals surface area contributed by atoms with Crippen molar-refractivity contribution in [1.82, 2.24) is 10.2 Å². The van der Waals surface area contributed by atoms with Crippen molar-refractivity contribution < 1.29 is 9.53 Å². The highest BCUT2D eigenvalue weighted by atomic mass is 35.5. The molecule has 1 saturated heterocycles. The van der Waals surface area contributed by atoms with Gasteiger partial charge in [0.05, 0.1) is 13.2 Å². The molecule has 2 fully saturated rings. The van der Waals surface area contributed by atoms with Gasteiger partial charge in [-0.15, -0.1) is 12.4 Å². The smallest absolute Gasteiger partial charge is 0.224 e. The van der Waals surface area contributed by atoms with Crippen LogP contribution in [0.3, 0.4) is 0 Å². The number of hydrogen-bond donors (Lipinski definition) is 1. The largest absolute Gasteiger partial charge is 0.378 e. The Balaban J connectivity index is 0.00000192. The normalized spacial score (nSPS) is 22.0. The maximum Gasteiger partial charge on any atom is 0.224 e. The molecule has 3 rings (SSSR count). The molecule has 1 aliphatic carbocycles. The number of halogens is 1. The molecule has 23 heavy (non-hydrogen) atoms. The average molecular weight is 339 g/mol. The maximum absolute atomic E-state index is 12.8. The van der Waals surface area contributed by atoms with Crippen LogP contribution in [0.5, 0.6) is 0 Å². The van der Waals surface area contributed by atoms with E-state index in [0.29, 0.717) is 31.5 Å². The quantitative estimate of drug-likeness (QED) is 0.867. The zero-order valence-corrected chi connectivity index (χ0v) is 14.6. The van der Waals surface area contributed by atoms with Crippen LogP contribution in [0.1, 0.15) is 31.7 Å². The average Bonchev–Trinajstić information content (AvgIpc) is 3.39. The number of ether oxygens (including phenoxy) is 1. The molecule has 2 unspecified atom stereocenters. The van der Waals surface area contributed by atoms with Crippen molar-refractivity contribution >= 4 is 18.3 Å². The van der Waals surface area contributed by atoms with Gasteiger partial charge in [-0.25, -0.2) is 0 Å². The number of nitrogens with one attached hydrogen (secondary N) is 1. The van der Waals surface area contributed by atoms with Gasteiger partial charge in [0.25, 0.3) is 0 Å². The van der Waals surface area contributed by atoms with Crippen molar-refractivity contribution in [3.8, 4) is 0 Å². The van der Waals surface area contributed by atoms with Gasteiger partial charge in [-0.2, -0.15) is 0 Å². The highest BCUT2D eigenvalue weighted by molar-refractivity contribution is 5.85. The van der Waals surface area contributed by atoms with Crippen LogP contribution in [0, 0.1) is 5.92 Å². The van der Waals surface area contributed by atoms with Gasteiger partial charge in [0.15, 0.2) is 0 Å². The summed E-state index contributed by atoms with van der Waals surface area (Å²) in [5, 5.41) is 3.38. The first-order valence-corrected chi connectivity index (χ1v) is 8.38. The van der Waals surface area contributed by atoms with Crippen LogP contribution in [0.2, 0.25) is 0 Å². The fourth-order valence-corrected chi connectivity index (χ4v) is 3.15. The Bertz CT molecular complexity index is 487. The highest BCUT2D eigenvalue weighted by Gasteiger charge is 2.34. The molecule has 1 saturated carbocycles. The second-order valence-electron chi connectivity index (χ2n) is 6.52. The first-order chi connectivity index (χ1) is 10.7. The maximum atomic E-state index is 12.8. The molecule has 0 radical (unpaired) electrons. The molecular formula is C18H27ClN2O2. The lowest BCUT2D eigenvalue weighted by Crippen LogP contribution is -2.47. The number of carbonyl (C=O) groups excluding carboxylic acids is 1. The molecule has 1 aliphatic heterocycles. The first kappa shape index (κ1) is 18.2. The van der Waals surface area contributed by atoms with Gasteiger partial charge >= 0.3 is 0 Å². The van der Waals surface area contributed by atoms with E-state index in [-0.39, 0.29) is 24.4 Å². The van der Waals surface area contributed by atoms with Gasteiger partial charge in [0.1, 0.15) is 0 Å². The fourth-order valence-electron chi connectivity index (χ4n) is 3.15. The minimum absolute atomic E-state index is 0. The number of hydrogen-bond acceptors (Lipinski definition) is 3. The third kappa shape index (κ3) is 5.20. The fraction of sp³-hybridized carbons (Fsp3) is 0.611. The lowest BCUT2D eigenvalue weighted by molar-refractivity contribution is -0.135. The van der Waals surface area contributed by atoms with E-state index < -0.39 is 0 Å². The summed E-state index contributed by atoms with van der Waals surface area (Å²) in [6.07, 6.45) is 3.04. The van der Waals surface area contributed by atoms with Crippen molar-refractivity contribution in [1.29, 1.82) is 0 Å². The summed E-state index contributed by atoms with van der Waals surface area (Å²) in [6.45, 7) is 5.14. The first-order valence-electron chi connectivity index (χ1n) is 8.38. The van der Waals surface area contributed by atoms with E-state index in [1.54, 1.807) is 0 Å². The molecule has 0 bridgehead atoms. The molecule has 5 heteroatoms. The minimum Gasteiger partial charge on any atom is -0.378 e. The third-order valence-corrected chi connectivity index (χ3v) is 4.73. The van der Waals surface area contributed by atoms with E-state index in [9.17, 15) is 4.79 Å². The van der Waals surface area contributed by atoms with E-state index in [0.717, 1.165) is 13.2 Å². The van der Waals surface area contributed by atoms with Crippen molar-refractivity contribution in [2.45, 2.75) is 44.8 Å². The van der Waals surface area contributed by atoms with Crippen LogP contribution >= 0.6 is 12.4 Å². The van der Waals surface area contributed by atoms with Crippen molar-refractivity contribution in [3.05, 3.63) is 35.9 Å². The lowest BCUT2D eigenvalue weighted by atomic mass is 10.1. The molecule has 128 valence electrons. The number of morpholine rings is 1. The molecule has 2 aliphatic rings. The Morgan fingerprint density at radius 2 is 2.09 bits per heavy atom. The topological polar surface area (TPSA) is 41.6 Å². The molecular weight excluding hydrogens is 312 g/mol. The zero-order valence-electron chi connectivity index (χ0n) is 13.7. The van der Waals surface area contributed by atoms with E-state index in [1.807, 2.05) is 18.2 Å². The van der Waals surface area contributed by atoms with Gasteiger partial charge in [0.2, 0.25) is 5.91 Å². The molecule has 2 atom stereocenters. The van der Waals surface area contributed by atoms with Crippen LogP contribution in [0.15, 0.2) is 30.3 Å². The summed E-state index contributed by atoms with van der Waals surface area (Å²) in [4.78, 5) is 14.9. The Kier molecular flexibility index (Phi) is 6.88. The SMILES string of the molecule is CC(C1CC1)N(Cc1ccccc1)C(=O)CC1COCCN1.Cl. The summed E-state index contributed by atoms with van der Waals surface area (Å²) in [7, 11) is 0. The van der Waals surface area contributed by atoms with Crippen LogP contribution in [-0.4, -0.2) is 42.6 Å². The molecule has 4 nitrogen and oxygen atoms in total. The van der Waals surface area contributed by atoms with Crippen LogP contribution in [-0.2, 0) is 16.1 Å². The van der Waals surface area contributed by atoms with E-state index >= 15 is 0 Å². The number of rotatable bonds is 6. The van der Waals surface area contributed by atoms with Gasteiger partial charge in [-0.3, -0.25) is 4.79 Å². The Morgan fingerprint density at radius 3 is 2.70 bits per heavy atom. The molecule has 0 aromatic heterocycles. The molecule has 1 aromatic carbocycles. The molecule has 1 N–H and O–H groups in total. The number of benzene rings is 1. The minimum atomic E-state index is 0. The summed E-state index contributed by atoms with van der Waals surface area (Å²) >= 11 is 0. The third-order valence-electron chi connectivity index (χ3n) is 4.73. The monoisotopic (exact) mass is 338 g/mol. The van der Waals surface area contributed by atoms with E-state index in [4.69, 9.17) is 4.74 Å². The second kappa shape index (κ2) is 8.67. The van der Waals surface area contributed by atoms with Crippen LogP contribution < -0.4 is 5.32 Å². The number of amides is 1. The second-order valence-corrected chi connectivity index (χ2v) is 6.52. The Hall–Kier alpha value is -1.10. The van der Waals surface area contributed by atoms with Gasteiger partial charge in [-0.1, -0.05) is 30.3 Å². The predicted octanol–water partition coefficient (Wildman–Crippen LogP) is 2.61. The summed E-state index contributed by atoms with van der Waals surface area (Å²) in [5.41, 5.74) is 1.20. The van der Waals surface area contributed by atoms with Gasteiger partial charge in [0, 0.05) is 31.6 Å². The van der Waals surface area contributed by atoms with Crippen molar-refractivity contribution in [3.63, 3.8) is 0 Å². The number of carbonyl (C=O) groups is 1. The molecule has 1 heterocycles. The summed E-state index contributed by atoms with van der Waals surface area (Å²) < 4.78 is 5.47. The van der Waals surface area contributed by atoms with Gasteiger partial charge < -0.3 is 15.0 Å². The van der Waals surface area contributed by atoms with Crippen LogP contribution in [0.4, 0.5) is 0 Å². The van der Waals surface area contributed by atoms with Gasteiger partial charge in [-0.05, 0) is 31.2 Å². The summed E-state index contributed by atoms with van der Waals surface area (Å²) in [6, 6.07) is 10.8. The zero-order chi connectivity index (χ0) is 15.4. The highest BCUT2D eigenvalue weighted by Crippen LogP contribution is 2.36. The lowest BCUT2D eigenvalue weighted by Gasteiger charge is -2.32. The summed E-state index contributed by atoms with van der Waals surface area (Å²) in [5.74, 6) is 0.925. The van der Waals surface area contributed by atoms with Crippen molar-refractivity contribution in [2.75, 3.05) is 19.8 Å². The van der Waals surface area contributed by atoms with E-state index in [1.165, 1.54) is 18.4 Å².